The highest BCUT2D eigenvalue weighted by Gasteiger charge is 2.11. The van der Waals surface area contributed by atoms with E-state index in [9.17, 15) is 0 Å². The number of rotatable bonds is 8. The van der Waals surface area contributed by atoms with E-state index in [1.54, 1.807) is 18.4 Å². The van der Waals surface area contributed by atoms with Gasteiger partial charge in [-0.1, -0.05) is 32.1 Å². The first kappa shape index (κ1) is 16.7. The molecule has 0 unspecified atom stereocenters. The van der Waals surface area contributed by atoms with Gasteiger partial charge in [-0.05, 0) is 23.6 Å². The number of nitrogens with zero attached hydrogens (tertiary/aromatic N) is 2. The van der Waals surface area contributed by atoms with Gasteiger partial charge in [-0.25, -0.2) is 4.98 Å². The Kier molecular flexibility index (Phi) is 6.16. The van der Waals surface area contributed by atoms with Gasteiger partial charge in [-0.2, -0.15) is 0 Å². The van der Waals surface area contributed by atoms with Gasteiger partial charge in [0.1, 0.15) is 10.8 Å². The van der Waals surface area contributed by atoms with Crippen LogP contribution >= 0.6 is 11.3 Å². The second-order valence-corrected chi connectivity index (χ2v) is 6.57. The minimum atomic E-state index is 0.483. The van der Waals surface area contributed by atoms with Gasteiger partial charge in [0, 0.05) is 18.5 Å². The number of benzene rings is 1. The second-order valence-electron chi connectivity index (χ2n) is 5.63. The summed E-state index contributed by atoms with van der Waals surface area (Å²) in [7, 11) is 1.70. The maximum Gasteiger partial charge on any atom is 0.119 e. The number of ether oxygens (including phenoxy) is 1. The first-order chi connectivity index (χ1) is 10.6. The van der Waals surface area contributed by atoms with Crippen molar-refractivity contribution < 1.29 is 4.74 Å². The van der Waals surface area contributed by atoms with E-state index in [0.717, 1.165) is 30.4 Å². The minimum Gasteiger partial charge on any atom is -0.497 e. The molecule has 0 aliphatic rings. The van der Waals surface area contributed by atoms with Gasteiger partial charge in [0.2, 0.25) is 0 Å². The molecule has 0 radical (unpaired) electrons. The van der Waals surface area contributed by atoms with Crippen LogP contribution in [-0.4, -0.2) is 23.5 Å². The van der Waals surface area contributed by atoms with Crippen molar-refractivity contribution in [3.05, 3.63) is 58.6 Å². The molecular formula is C18H24N2OS. The molecule has 0 N–H and O–H groups in total. The Morgan fingerprint density at radius 3 is 2.82 bits per heavy atom. The lowest BCUT2D eigenvalue weighted by atomic mass is 10.2. The average molecular weight is 316 g/mol. The van der Waals surface area contributed by atoms with Crippen molar-refractivity contribution in [2.75, 3.05) is 13.7 Å². The molecular weight excluding hydrogens is 292 g/mol. The summed E-state index contributed by atoms with van der Waals surface area (Å²) in [6, 6.07) is 8.20. The topological polar surface area (TPSA) is 25.4 Å². The van der Waals surface area contributed by atoms with Crippen LogP contribution in [0.1, 0.15) is 36.0 Å². The molecule has 1 aromatic carbocycles. The van der Waals surface area contributed by atoms with Gasteiger partial charge in [0.25, 0.3) is 0 Å². The third kappa shape index (κ3) is 4.68. The second kappa shape index (κ2) is 8.11. The van der Waals surface area contributed by atoms with Crippen molar-refractivity contribution in [2.24, 2.45) is 0 Å². The minimum absolute atomic E-state index is 0.483. The first-order valence-electron chi connectivity index (χ1n) is 7.53. The molecule has 1 heterocycles. The molecule has 0 saturated carbocycles. The van der Waals surface area contributed by atoms with Gasteiger partial charge in [0.05, 0.1) is 19.3 Å². The largest absolute Gasteiger partial charge is 0.497 e. The van der Waals surface area contributed by atoms with Crippen LogP contribution in [0.5, 0.6) is 5.75 Å². The van der Waals surface area contributed by atoms with Crippen molar-refractivity contribution >= 4 is 11.3 Å². The van der Waals surface area contributed by atoms with Gasteiger partial charge in [0.15, 0.2) is 0 Å². The fourth-order valence-electron chi connectivity index (χ4n) is 2.25. The zero-order valence-corrected chi connectivity index (χ0v) is 14.4. The lowest BCUT2D eigenvalue weighted by Crippen LogP contribution is -2.22. The maximum atomic E-state index is 5.30. The van der Waals surface area contributed by atoms with E-state index in [0.29, 0.717) is 5.92 Å². The predicted octanol–water partition coefficient (Wildman–Crippen LogP) is 4.46. The lowest BCUT2D eigenvalue weighted by Gasteiger charge is -2.19. The number of hydrogen-bond acceptors (Lipinski definition) is 4. The highest BCUT2D eigenvalue weighted by molar-refractivity contribution is 7.09. The summed E-state index contributed by atoms with van der Waals surface area (Å²) < 4.78 is 5.30. The highest BCUT2D eigenvalue weighted by Crippen LogP contribution is 2.20. The number of hydrogen-bond donors (Lipinski definition) is 0. The number of methoxy groups -OCH3 is 1. The van der Waals surface area contributed by atoms with Crippen LogP contribution in [0.3, 0.4) is 0 Å². The number of aromatic nitrogens is 1. The van der Waals surface area contributed by atoms with E-state index >= 15 is 0 Å². The molecule has 1 aromatic heterocycles. The van der Waals surface area contributed by atoms with Crippen LogP contribution in [0, 0.1) is 0 Å². The fourth-order valence-corrected chi connectivity index (χ4v) is 3.25. The van der Waals surface area contributed by atoms with Crippen LogP contribution in [-0.2, 0) is 13.1 Å². The summed E-state index contributed by atoms with van der Waals surface area (Å²) in [6.45, 7) is 10.8. The normalized spacial score (nSPS) is 11.1. The van der Waals surface area contributed by atoms with Gasteiger partial charge in [-0.15, -0.1) is 17.9 Å². The molecule has 0 atom stereocenters. The van der Waals surface area contributed by atoms with E-state index in [-0.39, 0.29) is 0 Å². The van der Waals surface area contributed by atoms with Crippen LogP contribution in [0.25, 0.3) is 0 Å². The fraction of sp³-hybridized carbons (Fsp3) is 0.389. The highest BCUT2D eigenvalue weighted by atomic mass is 32.1. The molecule has 0 amide bonds. The molecule has 22 heavy (non-hydrogen) atoms. The third-order valence-electron chi connectivity index (χ3n) is 3.45. The van der Waals surface area contributed by atoms with Crippen molar-refractivity contribution in [1.29, 1.82) is 0 Å². The van der Waals surface area contributed by atoms with Crippen molar-refractivity contribution in [2.45, 2.75) is 32.9 Å². The number of thiazole rings is 1. The third-order valence-corrected chi connectivity index (χ3v) is 4.30. The monoisotopic (exact) mass is 316 g/mol. The van der Waals surface area contributed by atoms with Gasteiger partial charge < -0.3 is 4.74 Å². The molecule has 0 aliphatic carbocycles. The molecule has 0 bridgehead atoms. The molecule has 0 aliphatic heterocycles. The summed E-state index contributed by atoms with van der Waals surface area (Å²) in [6.07, 6.45) is 1.94. The van der Waals surface area contributed by atoms with E-state index in [4.69, 9.17) is 9.72 Å². The Labute approximate surface area is 137 Å². The predicted molar refractivity (Wildman–Crippen MR) is 93.5 cm³/mol. The summed E-state index contributed by atoms with van der Waals surface area (Å²) in [5.74, 6) is 1.38. The van der Waals surface area contributed by atoms with Gasteiger partial charge >= 0.3 is 0 Å². The molecule has 3 nitrogen and oxygen atoms in total. The van der Waals surface area contributed by atoms with Crippen molar-refractivity contribution in [3.63, 3.8) is 0 Å². The van der Waals surface area contributed by atoms with Gasteiger partial charge in [-0.3, -0.25) is 4.90 Å². The van der Waals surface area contributed by atoms with Crippen LogP contribution in [0.2, 0.25) is 0 Å². The quantitative estimate of drug-likeness (QED) is 0.672. The Hall–Kier alpha value is -1.65. The average Bonchev–Trinajstić information content (AvgIpc) is 2.96. The van der Waals surface area contributed by atoms with Crippen LogP contribution < -0.4 is 4.74 Å². The molecule has 118 valence electrons. The molecule has 0 spiro atoms. The maximum absolute atomic E-state index is 5.30. The van der Waals surface area contributed by atoms with Crippen LogP contribution in [0.4, 0.5) is 0 Å². The Morgan fingerprint density at radius 2 is 2.18 bits per heavy atom. The molecule has 4 heteroatoms. The SMILES string of the molecule is C=CCN(Cc1cccc(OC)c1)Cc1nc(C(C)C)cs1. The summed E-state index contributed by atoms with van der Waals surface area (Å²) in [4.78, 5) is 7.06. The molecule has 0 fully saturated rings. The van der Waals surface area contributed by atoms with E-state index in [1.165, 1.54) is 11.3 Å². The van der Waals surface area contributed by atoms with E-state index in [1.807, 2.05) is 18.2 Å². The Morgan fingerprint density at radius 1 is 1.36 bits per heavy atom. The Balaban J connectivity index is 2.06. The molecule has 0 saturated heterocycles. The summed E-state index contributed by atoms with van der Waals surface area (Å²) >= 11 is 1.74. The van der Waals surface area contributed by atoms with Crippen molar-refractivity contribution in [1.82, 2.24) is 9.88 Å². The van der Waals surface area contributed by atoms with E-state index < -0.39 is 0 Å². The smallest absolute Gasteiger partial charge is 0.119 e. The zero-order valence-electron chi connectivity index (χ0n) is 13.6. The summed E-state index contributed by atoms with van der Waals surface area (Å²) in [5, 5.41) is 3.32. The Bertz CT molecular complexity index is 607. The standard InChI is InChI=1S/C18H24N2OS/c1-5-9-20(11-15-7-6-8-16(10-15)21-4)12-18-19-17(13-22-18)14(2)3/h5-8,10,13-14H,1,9,11-12H2,2-4H3. The molecule has 2 aromatic rings. The van der Waals surface area contributed by atoms with E-state index in [2.05, 4.69) is 42.8 Å². The zero-order chi connectivity index (χ0) is 15.9. The van der Waals surface area contributed by atoms with Crippen LogP contribution in [0.15, 0.2) is 42.3 Å². The molecule has 2 rings (SSSR count). The van der Waals surface area contributed by atoms with Crippen molar-refractivity contribution in [3.8, 4) is 5.75 Å². The lowest BCUT2D eigenvalue weighted by molar-refractivity contribution is 0.285. The summed E-state index contributed by atoms with van der Waals surface area (Å²) in [5.41, 5.74) is 2.42. The first-order valence-corrected chi connectivity index (χ1v) is 8.40.